The van der Waals surface area contributed by atoms with Gasteiger partial charge in [-0.3, -0.25) is 4.79 Å². The maximum atomic E-state index is 12.3. The van der Waals surface area contributed by atoms with Gasteiger partial charge in [-0.2, -0.15) is 0 Å². The van der Waals surface area contributed by atoms with Crippen molar-refractivity contribution in [2.75, 3.05) is 0 Å². The maximum Gasteiger partial charge on any atom is 0.251 e. The highest BCUT2D eigenvalue weighted by molar-refractivity contribution is 6.29. The number of nitrogens with zero attached hydrogens (tertiary/aromatic N) is 1. The highest BCUT2D eigenvalue weighted by Crippen LogP contribution is 2.22. The number of aryl methyl sites for hydroxylation is 3. The number of halogens is 1. The van der Waals surface area contributed by atoms with Crippen LogP contribution in [-0.2, 0) is 6.42 Å². The van der Waals surface area contributed by atoms with E-state index in [9.17, 15) is 4.79 Å². The summed E-state index contributed by atoms with van der Waals surface area (Å²) >= 11 is 5.95. The molecular weight excluding hydrogens is 288 g/mol. The van der Waals surface area contributed by atoms with E-state index in [4.69, 9.17) is 16.0 Å². The topological polar surface area (TPSA) is 55.1 Å². The lowest BCUT2D eigenvalue weighted by Gasteiger charge is -2.13. The average molecular weight is 307 g/mol. The summed E-state index contributed by atoms with van der Waals surface area (Å²) in [7, 11) is 0. The lowest BCUT2D eigenvalue weighted by atomic mass is 10.1. The first-order valence-electron chi connectivity index (χ1n) is 6.95. The lowest BCUT2D eigenvalue weighted by molar-refractivity contribution is 0.0939. The van der Waals surface area contributed by atoms with E-state index in [0.717, 1.165) is 29.2 Å². The first-order chi connectivity index (χ1) is 9.90. The zero-order valence-corrected chi connectivity index (χ0v) is 13.4. The molecule has 1 amide bonds. The molecule has 1 atom stereocenters. The van der Waals surface area contributed by atoms with Crippen LogP contribution in [0.2, 0.25) is 5.15 Å². The van der Waals surface area contributed by atoms with Gasteiger partial charge in [0, 0.05) is 16.8 Å². The van der Waals surface area contributed by atoms with Gasteiger partial charge in [0.05, 0.1) is 6.04 Å². The minimum absolute atomic E-state index is 0.132. The quantitative estimate of drug-likeness (QED) is 0.869. The van der Waals surface area contributed by atoms with Crippen LogP contribution >= 0.6 is 11.6 Å². The van der Waals surface area contributed by atoms with Gasteiger partial charge in [-0.05, 0) is 45.4 Å². The van der Waals surface area contributed by atoms with Crippen molar-refractivity contribution in [1.29, 1.82) is 0 Å². The largest absolute Gasteiger partial charge is 0.466 e. The van der Waals surface area contributed by atoms with Crippen molar-refractivity contribution >= 4 is 17.5 Å². The molecule has 0 spiro atoms. The average Bonchev–Trinajstić information content (AvgIpc) is 2.76. The Morgan fingerprint density at radius 1 is 1.38 bits per heavy atom. The lowest BCUT2D eigenvalue weighted by Crippen LogP contribution is -2.27. The van der Waals surface area contributed by atoms with Gasteiger partial charge < -0.3 is 9.73 Å². The van der Waals surface area contributed by atoms with Crippen LogP contribution in [0.1, 0.15) is 53.0 Å². The molecule has 112 valence electrons. The minimum Gasteiger partial charge on any atom is -0.466 e. The number of carbonyl (C=O) groups excluding carboxylic acids is 1. The van der Waals surface area contributed by atoms with Crippen molar-refractivity contribution < 1.29 is 9.21 Å². The molecule has 0 aliphatic rings. The molecule has 4 nitrogen and oxygen atoms in total. The summed E-state index contributed by atoms with van der Waals surface area (Å²) in [5, 5.41) is 3.30. The molecule has 0 aromatic carbocycles. The summed E-state index contributed by atoms with van der Waals surface area (Å²) in [6.45, 7) is 7.68. The summed E-state index contributed by atoms with van der Waals surface area (Å²) in [6, 6.07) is 5.15. The molecule has 5 heteroatoms. The van der Waals surface area contributed by atoms with E-state index >= 15 is 0 Å². The third-order valence-corrected chi connectivity index (χ3v) is 3.56. The van der Waals surface area contributed by atoms with Gasteiger partial charge in [-0.1, -0.05) is 18.5 Å². The zero-order chi connectivity index (χ0) is 15.6. The van der Waals surface area contributed by atoms with Crippen LogP contribution in [-0.4, -0.2) is 10.9 Å². The molecule has 2 heterocycles. The second kappa shape index (κ2) is 6.31. The molecule has 1 N–H and O–H groups in total. The number of carbonyl (C=O) groups is 1. The summed E-state index contributed by atoms with van der Waals surface area (Å²) in [6.07, 6.45) is 0.733. The van der Waals surface area contributed by atoms with Gasteiger partial charge in [-0.25, -0.2) is 4.98 Å². The molecule has 0 bridgehead atoms. The minimum atomic E-state index is -0.167. The number of hydrogen-bond donors (Lipinski definition) is 1. The molecule has 0 saturated carbocycles. The summed E-state index contributed by atoms with van der Waals surface area (Å²) < 4.78 is 5.50. The molecule has 2 aromatic rings. The van der Waals surface area contributed by atoms with Crippen molar-refractivity contribution in [3.63, 3.8) is 0 Å². The second-order valence-corrected chi connectivity index (χ2v) is 5.47. The molecule has 0 saturated heterocycles. The van der Waals surface area contributed by atoms with Gasteiger partial charge in [0.2, 0.25) is 0 Å². The van der Waals surface area contributed by atoms with Crippen molar-refractivity contribution in [3.8, 4) is 0 Å². The van der Waals surface area contributed by atoms with Crippen molar-refractivity contribution in [2.45, 2.75) is 40.2 Å². The Labute approximate surface area is 129 Å². The van der Waals surface area contributed by atoms with Crippen molar-refractivity contribution in [1.82, 2.24) is 10.3 Å². The second-order valence-electron chi connectivity index (χ2n) is 5.09. The predicted octanol–water partition coefficient (Wildman–Crippen LogP) is 4.00. The van der Waals surface area contributed by atoms with E-state index in [1.165, 1.54) is 0 Å². The molecular formula is C16H19ClN2O2. The van der Waals surface area contributed by atoms with E-state index in [1.54, 1.807) is 12.1 Å². The number of amides is 1. The Hall–Kier alpha value is -1.81. The monoisotopic (exact) mass is 306 g/mol. The summed E-state index contributed by atoms with van der Waals surface area (Å²) in [4.78, 5) is 16.5. The first-order valence-corrected chi connectivity index (χ1v) is 7.32. The zero-order valence-electron chi connectivity index (χ0n) is 12.7. The molecule has 0 fully saturated rings. The van der Waals surface area contributed by atoms with Gasteiger partial charge >= 0.3 is 0 Å². The molecule has 21 heavy (non-hydrogen) atoms. The number of hydrogen-bond acceptors (Lipinski definition) is 3. The van der Waals surface area contributed by atoms with E-state index in [2.05, 4.69) is 10.3 Å². The Balaban J connectivity index is 2.18. The van der Waals surface area contributed by atoms with Crippen LogP contribution in [0.25, 0.3) is 0 Å². The fraction of sp³-hybridized carbons (Fsp3) is 0.375. The fourth-order valence-electron chi connectivity index (χ4n) is 2.30. The Morgan fingerprint density at radius 2 is 2.10 bits per heavy atom. The Bertz CT molecular complexity index is 664. The normalized spacial score (nSPS) is 12.2. The molecule has 1 unspecified atom stereocenters. The van der Waals surface area contributed by atoms with Gasteiger partial charge in [-0.15, -0.1) is 0 Å². The van der Waals surface area contributed by atoms with Gasteiger partial charge in [0.25, 0.3) is 5.91 Å². The standard InChI is InChI=1S/C16H19ClN2O2/c1-5-13-7-12(8-15(17)19-13)16(20)18-10(3)14-6-9(2)21-11(14)4/h6-8,10H,5H2,1-4H3,(H,18,20). The first kappa shape index (κ1) is 15.6. The van der Waals surface area contributed by atoms with Crippen LogP contribution in [0.4, 0.5) is 0 Å². The van der Waals surface area contributed by atoms with E-state index in [1.807, 2.05) is 33.8 Å². The fourth-order valence-corrected chi connectivity index (χ4v) is 2.53. The van der Waals surface area contributed by atoms with Gasteiger partial charge in [0.1, 0.15) is 16.7 Å². The van der Waals surface area contributed by atoms with Crippen LogP contribution in [0.15, 0.2) is 22.6 Å². The number of aromatic nitrogens is 1. The predicted molar refractivity (Wildman–Crippen MR) is 82.7 cm³/mol. The van der Waals surface area contributed by atoms with Crippen LogP contribution in [0.5, 0.6) is 0 Å². The number of rotatable bonds is 4. The van der Waals surface area contributed by atoms with E-state index in [0.29, 0.717) is 10.7 Å². The SMILES string of the molecule is CCc1cc(C(=O)NC(C)c2cc(C)oc2C)cc(Cl)n1. The maximum absolute atomic E-state index is 12.3. The summed E-state index contributed by atoms with van der Waals surface area (Å²) in [5.41, 5.74) is 2.31. The molecule has 0 aliphatic carbocycles. The van der Waals surface area contributed by atoms with Crippen molar-refractivity contribution in [2.24, 2.45) is 0 Å². The van der Waals surface area contributed by atoms with Crippen LogP contribution < -0.4 is 5.32 Å². The number of nitrogens with one attached hydrogen (secondary N) is 1. The molecule has 2 rings (SSSR count). The molecule has 0 aliphatic heterocycles. The number of pyridine rings is 1. The third-order valence-electron chi connectivity index (χ3n) is 3.37. The highest BCUT2D eigenvalue weighted by atomic mass is 35.5. The summed E-state index contributed by atoms with van der Waals surface area (Å²) in [5.74, 6) is 1.49. The van der Waals surface area contributed by atoms with E-state index in [-0.39, 0.29) is 11.9 Å². The Morgan fingerprint density at radius 3 is 2.67 bits per heavy atom. The smallest absolute Gasteiger partial charge is 0.251 e. The number of furan rings is 1. The molecule has 2 aromatic heterocycles. The van der Waals surface area contributed by atoms with E-state index < -0.39 is 0 Å². The van der Waals surface area contributed by atoms with Crippen LogP contribution in [0, 0.1) is 13.8 Å². The molecule has 0 radical (unpaired) electrons. The Kier molecular flexibility index (Phi) is 4.68. The highest BCUT2D eigenvalue weighted by Gasteiger charge is 2.16. The van der Waals surface area contributed by atoms with Crippen molar-refractivity contribution in [3.05, 3.63) is 51.7 Å². The van der Waals surface area contributed by atoms with Crippen LogP contribution in [0.3, 0.4) is 0 Å². The third kappa shape index (κ3) is 3.64. The van der Waals surface area contributed by atoms with Gasteiger partial charge in [0.15, 0.2) is 0 Å².